The van der Waals surface area contributed by atoms with Crippen molar-refractivity contribution in [1.29, 1.82) is 0 Å². The van der Waals surface area contributed by atoms with Crippen molar-refractivity contribution < 1.29 is 4.74 Å². The van der Waals surface area contributed by atoms with Crippen LogP contribution in [0, 0.1) is 13.8 Å². The van der Waals surface area contributed by atoms with E-state index in [4.69, 9.17) is 4.74 Å². The molecule has 21 heavy (non-hydrogen) atoms. The highest BCUT2D eigenvalue weighted by Crippen LogP contribution is 2.18. The van der Waals surface area contributed by atoms with Crippen LogP contribution in [0.4, 0.5) is 5.69 Å². The van der Waals surface area contributed by atoms with Crippen LogP contribution in [0.3, 0.4) is 0 Å². The molecular formula is C19H25NO. The van der Waals surface area contributed by atoms with E-state index in [-0.39, 0.29) is 0 Å². The van der Waals surface area contributed by atoms with Gasteiger partial charge < -0.3 is 10.1 Å². The molecule has 0 spiro atoms. The standard InChI is InChI=1S/C19H25NO/c1-14(2)17-6-9-19(10-7-17)21-12-11-20-18-8-5-15(3)16(4)13-18/h5-10,13-14,20H,11-12H2,1-4H3. The number of aryl methyl sites for hydroxylation is 2. The molecule has 0 radical (unpaired) electrons. The average molecular weight is 283 g/mol. The van der Waals surface area contributed by atoms with Crippen molar-refractivity contribution in [2.24, 2.45) is 0 Å². The van der Waals surface area contributed by atoms with E-state index in [1.807, 2.05) is 12.1 Å². The van der Waals surface area contributed by atoms with E-state index < -0.39 is 0 Å². The van der Waals surface area contributed by atoms with Crippen molar-refractivity contribution >= 4 is 5.69 Å². The Morgan fingerprint density at radius 3 is 2.29 bits per heavy atom. The lowest BCUT2D eigenvalue weighted by Crippen LogP contribution is -2.11. The average Bonchev–Trinajstić information content (AvgIpc) is 2.47. The Morgan fingerprint density at radius 1 is 0.952 bits per heavy atom. The summed E-state index contributed by atoms with van der Waals surface area (Å²) in [4.78, 5) is 0. The highest BCUT2D eigenvalue weighted by molar-refractivity contribution is 5.48. The Bertz CT molecular complexity index is 573. The summed E-state index contributed by atoms with van der Waals surface area (Å²) in [6.45, 7) is 10.1. The molecule has 2 rings (SSSR count). The van der Waals surface area contributed by atoms with Gasteiger partial charge in [-0.05, 0) is 60.7 Å². The van der Waals surface area contributed by atoms with Crippen LogP contribution < -0.4 is 10.1 Å². The molecule has 0 atom stereocenters. The minimum atomic E-state index is 0.561. The Balaban J connectivity index is 1.77. The largest absolute Gasteiger partial charge is 0.492 e. The third kappa shape index (κ3) is 4.52. The van der Waals surface area contributed by atoms with Crippen molar-refractivity contribution in [3.63, 3.8) is 0 Å². The van der Waals surface area contributed by atoms with Gasteiger partial charge in [0.1, 0.15) is 12.4 Å². The summed E-state index contributed by atoms with van der Waals surface area (Å²) in [5.74, 6) is 1.49. The van der Waals surface area contributed by atoms with Crippen LogP contribution in [0.5, 0.6) is 5.75 Å². The quantitative estimate of drug-likeness (QED) is 0.760. The highest BCUT2D eigenvalue weighted by atomic mass is 16.5. The molecule has 2 heteroatoms. The maximum atomic E-state index is 5.75. The molecule has 2 nitrogen and oxygen atoms in total. The molecule has 0 heterocycles. The third-order valence-corrected chi connectivity index (χ3v) is 3.75. The van der Waals surface area contributed by atoms with Gasteiger partial charge in [0.25, 0.3) is 0 Å². The topological polar surface area (TPSA) is 21.3 Å². The monoisotopic (exact) mass is 283 g/mol. The fourth-order valence-electron chi connectivity index (χ4n) is 2.16. The lowest BCUT2D eigenvalue weighted by Gasteiger charge is -2.11. The minimum Gasteiger partial charge on any atom is -0.492 e. The summed E-state index contributed by atoms with van der Waals surface area (Å²) in [6.07, 6.45) is 0. The normalized spacial score (nSPS) is 10.7. The molecule has 0 aliphatic carbocycles. The zero-order valence-corrected chi connectivity index (χ0v) is 13.4. The molecule has 0 unspecified atom stereocenters. The first-order valence-corrected chi connectivity index (χ1v) is 7.60. The second-order valence-electron chi connectivity index (χ2n) is 5.80. The molecule has 112 valence electrons. The molecule has 2 aromatic rings. The van der Waals surface area contributed by atoms with Gasteiger partial charge >= 0.3 is 0 Å². The van der Waals surface area contributed by atoms with Crippen LogP contribution in [0.1, 0.15) is 36.5 Å². The lowest BCUT2D eigenvalue weighted by molar-refractivity contribution is 0.333. The van der Waals surface area contributed by atoms with Gasteiger partial charge in [0.2, 0.25) is 0 Å². The number of ether oxygens (including phenoxy) is 1. The van der Waals surface area contributed by atoms with Gasteiger partial charge in [-0.2, -0.15) is 0 Å². The second kappa shape index (κ2) is 7.16. The van der Waals surface area contributed by atoms with Gasteiger partial charge in [-0.15, -0.1) is 0 Å². The number of hydrogen-bond acceptors (Lipinski definition) is 2. The van der Waals surface area contributed by atoms with Crippen LogP contribution in [-0.4, -0.2) is 13.2 Å². The van der Waals surface area contributed by atoms with Crippen LogP contribution in [-0.2, 0) is 0 Å². The van der Waals surface area contributed by atoms with E-state index in [1.54, 1.807) is 0 Å². The van der Waals surface area contributed by atoms with Crippen LogP contribution in [0.25, 0.3) is 0 Å². The molecule has 0 aliphatic heterocycles. The van der Waals surface area contributed by atoms with Crippen molar-refractivity contribution in [2.45, 2.75) is 33.6 Å². The molecule has 0 saturated heterocycles. The molecule has 0 amide bonds. The number of rotatable bonds is 6. The van der Waals surface area contributed by atoms with Gasteiger partial charge in [-0.3, -0.25) is 0 Å². The first-order chi connectivity index (χ1) is 10.1. The number of benzene rings is 2. The molecule has 0 bridgehead atoms. The van der Waals surface area contributed by atoms with E-state index in [2.05, 4.69) is 63.3 Å². The van der Waals surface area contributed by atoms with Gasteiger partial charge in [0.15, 0.2) is 0 Å². The maximum Gasteiger partial charge on any atom is 0.119 e. The maximum absolute atomic E-state index is 5.75. The lowest BCUT2D eigenvalue weighted by atomic mass is 10.0. The summed E-state index contributed by atoms with van der Waals surface area (Å²) in [6, 6.07) is 14.8. The fraction of sp³-hybridized carbons (Fsp3) is 0.368. The minimum absolute atomic E-state index is 0.561. The Kier molecular flexibility index (Phi) is 5.26. The number of nitrogens with one attached hydrogen (secondary N) is 1. The Morgan fingerprint density at radius 2 is 1.67 bits per heavy atom. The molecule has 1 N–H and O–H groups in total. The summed E-state index contributed by atoms with van der Waals surface area (Å²) < 4.78 is 5.75. The Labute approximate surface area is 128 Å². The molecular weight excluding hydrogens is 258 g/mol. The molecule has 0 aromatic heterocycles. The van der Waals surface area contributed by atoms with E-state index in [9.17, 15) is 0 Å². The summed E-state index contributed by atoms with van der Waals surface area (Å²) in [5, 5.41) is 3.39. The fourth-order valence-corrected chi connectivity index (χ4v) is 2.16. The first kappa shape index (κ1) is 15.4. The van der Waals surface area contributed by atoms with Crippen molar-refractivity contribution in [3.8, 4) is 5.75 Å². The summed E-state index contributed by atoms with van der Waals surface area (Å²) in [7, 11) is 0. The Hall–Kier alpha value is -1.96. The van der Waals surface area contributed by atoms with E-state index in [0.717, 1.165) is 18.0 Å². The van der Waals surface area contributed by atoms with E-state index in [1.165, 1.54) is 16.7 Å². The van der Waals surface area contributed by atoms with Crippen LogP contribution >= 0.6 is 0 Å². The molecule has 2 aromatic carbocycles. The van der Waals surface area contributed by atoms with Crippen LogP contribution in [0.2, 0.25) is 0 Å². The van der Waals surface area contributed by atoms with E-state index in [0.29, 0.717) is 12.5 Å². The van der Waals surface area contributed by atoms with Gasteiger partial charge in [-0.25, -0.2) is 0 Å². The van der Waals surface area contributed by atoms with Gasteiger partial charge in [-0.1, -0.05) is 32.0 Å². The third-order valence-electron chi connectivity index (χ3n) is 3.75. The van der Waals surface area contributed by atoms with Crippen molar-refractivity contribution in [1.82, 2.24) is 0 Å². The first-order valence-electron chi connectivity index (χ1n) is 7.60. The number of anilines is 1. The van der Waals surface area contributed by atoms with Gasteiger partial charge in [0, 0.05) is 12.2 Å². The molecule has 0 aliphatic rings. The predicted octanol–water partition coefficient (Wildman–Crippen LogP) is 4.92. The summed E-state index contributed by atoms with van der Waals surface area (Å²) >= 11 is 0. The zero-order chi connectivity index (χ0) is 15.2. The van der Waals surface area contributed by atoms with Crippen molar-refractivity contribution in [3.05, 3.63) is 59.2 Å². The molecule has 0 saturated carbocycles. The molecule has 0 fully saturated rings. The SMILES string of the molecule is Cc1ccc(NCCOc2ccc(C(C)C)cc2)cc1C. The second-order valence-corrected chi connectivity index (χ2v) is 5.80. The zero-order valence-electron chi connectivity index (χ0n) is 13.4. The van der Waals surface area contributed by atoms with E-state index >= 15 is 0 Å². The predicted molar refractivity (Wildman–Crippen MR) is 90.4 cm³/mol. The summed E-state index contributed by atoms with van der Waals surface area (Å²) in [5.41, 5.74) is 5.12. The van der Waals surface area contributed by atoms with Crippen molar-refractivity contribution in [2.75, 3.05) is 18.5 Å². The smallest absolute Gasteiger partial charge is 0.119 e. The van der Waals surface area contributed by atoms with Crippen LogP contribution in [0.15, 0.2) is 42.5 Å². The highest BCUT2D eigenvalue weighted by Gasteiger charge is 2.00. The number of hydrogen-bond donors (Lipinski definition) is 1. The van der Waals surface area contributed by atoms with Gasteiger partial charge in [0.05, 0.1) is 0 Å².